The van der Waals surface area contributed by atoms with Gasteiger partial charge in [0.25, 0.3) is 10.0 Å². The van der Waals surface area contributed by atoms with Crippen LogP contribution in [0.1, 0.15) is 38.3 Å². The monoisotopic (exact) mass is 571 g/mol. The third-order valence-corrected chi connectivity index (χ3v) is 10.2. The molecule has 6 rings (SSSR count). The van der Waals surface area contributed by atoms with Crippen molar-refractivity contribution >= 4 is 42.7 Å². The molecule has 2 atom stereocenters. The van der Waals surface area contributed by atoms with Gasteiger partial charge in [-0.3, -0.25) is 9.62 Å². The highest BCUT2D eigenvalue weighted by Gasteiger charge is 2.51. The van der Waals surface area contributed by atoms with Crippen molar-refractivity contribution in [3.05, 3.63) is 53.7 Å². The van der Waals surface area contributed by atoms with Gasteiger partial charge in [0.15, 0.2) is 0 Å². The number of piperidine rings is 1. The number of H-pyrrole nitrogens is 1. The molecule has 1 aromatic heterocycles. The van der Waals surface area contributed by atoms with Crippen molar-refractivity contribution in [3.63, 3.8) is 0 Å². The first kappa shape index (κ1) is 27.0. The van der Waals surface area contributed by atoms with Crippen LogP contribution in [0.4, 0.5) is 10.5 Å². The van der Waals surface area contributed by atoms with E-state index >= 15 is 0 Å². The highest BCUT2D eigenvalue weighted by molar-refractivity contribution is 7.92. The highest BCUT2D eigenvalue weighted by Crippen LogP contribution is 2.36. The number of ether oxygens (including phenoxy) is 1. The molecule has 3 fully saturated rings. The fourth-order valence-electron chi connectivity index (χ4n) is 5.12. The molecule has 3 aliphatic rings. The average Bonchev–Trinajstić information content (AvgIpc) is 3.30. The lowest BCUT2D eigenvalue weighted by atomic mass is 9.89. The number of rotatable bonds is 5. The molecule has 2 N–H and O–H groups in total. The van der Waals surface area contributed by atoms with Crippen LogP contribution in [0.25, 0.3) is 10.9 Å². The first-order valence-electron chi connectivity index (χ1n) is 12.4. The fourth-order valence-corrected chi connectivity index (χ4v) is 7.70. The molecule has 2 bridgehead atoms. The molecule has 2 unspecified atom stereocenters. The lowest BCUT2D eigenvalue weighted by molar-refractivity contribution is -0.0600. The first-order chi connectivity index (χ1) is 18.2. The number of aryl methyl sites for hydroxylation is 1. The lowest BCUT2D eigenvalue weighted by Crippen LogP contribution is -2.71. The molecule has 1 amide bonds. The number of nitriles is 1. The van der Waals surface area contributed by atoms with Crippen LogP contribution in [0.5, 0.6) is 0 Å². The smallest absolute Gasteiger partial charge is 0.410 e. The zero-order chi connectivity index (χ0) is 28.3. The van der Waals surface area contributed by atoms with E-state index in [4.69, 9.17) is 4.74 Å². The van der Waals surface area contributed by atoms with Gasteiger partial charge in [-0.15, -0.1) is 0 Å². The summed E-state index contributed by atoms with van der Waals surface area (Å²) in [6, 6.07) is 9.90. The van der Waals surface area contributed by atoms with E-state index in [0.29, 0.717) is 22.9 Å². The van der Waals surface area contributed by atoms with E-state index in [1.165, 1.54) is 34.8 Å². The molecule has 4 heterocycles. The number of fused-ring (bicyclic) bond motifs is 3. The lowest BCUT2D eigenvalue weighted by Gasteiger charge is -2.55. The van der Waals surface area contributed by atoms with Gasteiger partial charge in [0.1, 0.15) is 11.7 Å². The van der Waals surface area contributed by atoms with E-state index in [9.17, 15) is 26.9 Å². The van der Waals surface area contributed by atoms with Gasteiger partial charge in [0, 0.05) is 24.7 Å². The summed E-state index contributed by atoms with van der Waals surface area (Å²) in [7, 11) is -7.96. The minimum atomic E-state index is -4.06. The summed E-state index contributed by atoms with van der Waals surface area (Å²) in [6.07, 6.45) is 1.78. The van der Waals surface area contributed by atoms with Gasteiger partial charge in [-0.25, -0.2) is 21.6 Å². The number of hydrogen-bond donors (Lipinski definition) is 2. The first-order valence-corrected chi connectivity index (χ1v) is 15.3. The summed E-state index contributed by atoms with van der Waals surface area (Å²) in [4.78, 5) is 16.9. The van der Waals surface area contributed by atoms with Crippen LogP contribution >= 0.6 is 0 Å². The number of hydrogen-bond acceptors (Lipinski definition) is 7. The number of aromatic nitrogens is 1. The van der Waals surface area contributed by atoms with E-state index in [2.05, 4.69) is 15.8 Å². The van der Waals surface area contributed by atoms with Gasteiger partial charge < -0.3 is 9.72 Å². The summed E-state index contributed by atoms with van der Waals surface area (Å²) in [6.45, 7) is 7.46. The topological polar surface area (TPSA) is 153 Å². The molecule has 206 valence electrons. The number of anilines is 1. The third kappa shape index (κ3) is 4.84. The number of benzene rings is 2. The molecule has 3 aliphatic heterocycles. The predicted octanol–water partition coefficient (Wildman–Crippen LogP) is 3.53. The van der Waals surface area contributed by atoms with Gasteiger partial charge >= 0.3 is 6.09 Å². The largest absolute Gasteiger partial charge is 0.444 e. The van der Waals surface area contributed by atoms with E-state index in [-0.39, 0.29) is 40.7 Å². The number of aromatic amines is 1. The molecule has 0 aliphatic carbocycles. The van der Waals surface area contributed by atoms with Crippen LogP contribution < -0.4 is 4.72 Å². The van der Waals surface area contributed by atoms with Crippen molar-refractivity contribution in [3.8, 4) is 6.07 Å². The average molecular weight is 572 g/mol. The highest BCUT2D eigenvalue weighted by atomic mass is 32.2. The van der Waals surface area contributed by atoms with Crippen molar-refractivity contribution in [2.75, 3.05) is 17.8 Å². The van der Waals surface area contributed by atoms with Gasteiger partial charge in [0.05, 0.1) is 38.6 Å². The van der Waals surface area contributed by atoms with Crippen LogP contribution in [-0.2, 0) is 24.8 Å². The van der Waals surface area contributed by atoms with Gasteiger partial charge in [0.2, 0.25) is 10.0 Å². The number of carbonyl (C=O) groups is 1. The van der Waals surface area contributed by atoms with Crippen molar-refractivity contribution in [2.24, 2.45) is 0 Å². The van der Waals surface area contributed by atoms with Crippen molar-refractivity contribution in [2.45, 2.75) is 61.6 Å². The number of nitrogens with zero attached hydrogens (tertiary/aromatic N) is 3. The Balaban J connectivity index is 1.32. The van der Waals surface area contributed by atoms with E-state index in [1.807, 2.05) is 6.92 Å². The SMILES string of the molecule is Cc1ccc(NS(=O)(=O)c2ccc(S(=O)(=O)N3CC4CC(C3)N4C(=O)OC(C)(C)C)cc2)c2[nH]cc(C#N)c12. The minimum absolute atomic E-state index is 0.0349. The maximum atomic E-state index is 13.3. The van der Waals surface area contributed by atoms with Crippen LogP contribution in [0.15, 0.2) is 52.4 Å². The maximum Gasteiger partial charge on any atom is 0.410 e. The van der Waals surface area contributed by atoms with Crippen LogP contribution in [0.3, 0.4) is 0 Å². The molecule has 39 heavy (non-hydrogen) atoms. The molecular weight excluding hydrogens is 542 g/mol. The van der Waals surface area contributed by atoms with E-state index < -0.39 is 31.7 Å². The maximum absolute atomic E-state index is 13.3. The molecule has 3 aromatic rings. The number of amides is 1. The number of nitrogens with one attached hydrogen (secondary N) is 2. The quantitative estimate of drug-likeness (QED) is 0.475. The molecule has 11 nitrogen and oxygen atoms in total. The zero-order valence-corrected chi connectivity index (χ0v) is 23.6. The molecule has 0 radical (unpaired) electrons. The second-order valence-corrected chi connectivity index (χ2v) is 14.4. The minimum Gasteiger partial charge on any atom is -0.444 e. The van der Waals surface area contributed by atoms with Crippen LogP contribution in [-0.4, -0.2) is 67.9 Å². The summed E-state index contributed by atoms with van der Waals surface area (Å²) in [5, 5.41) is 9.98. The van der Waals surface area contributed by atoms with Crippen molar-refractivity contribution < 1.29 is 26.4 Å². The van der Waals surface area contributed by atoms with E-state index in [1.54, 1.807) is 37.8 Å². The summed E-state index contributed by atoms with van der Waals surface area (Å²) < 4.78 is 62.2. The van der Waals surface area contributed by atoms with Crippen molar-refractivity contribution in [1.29, 1.82) is 5.26 Å². The summed E-state index contributed by atoms with van der Waals surface area (Å²) in [5.41, 5.74) is 1.35. The Bertz CT molecular complexity index is 1700. The summed E-state index contributed by atoms with van der Waals surface area (Å²) >= 11 is 0. The molecule has 2 aromatic carbocycles. The van der Waals surface area contributed by atoms with E-state index in [0.717, 1.165) is 5.56 Å². The number of sulfonamides is 2. The Morgan fingerprint density at radius 1 is 1.05 bits per heavy atom. The number of piperazine rings is 1. The summed E-state index contributed by atoms with van der Waals surface area (Å²) in [5.74, 6) is 0. The zero-order valence-electron chi connectivity index (χ0n) is 21.9. The van der Waals surface area contributed by atoms with Gasteiger partial charge in [-0.2, -0.15) is 9.57 Å². The van der Waals surface area contributed by atoms with Crippen molar-refractivity contribution in [1.82, 2.24) is 14.2 Å². The number of carbonyl (C=O) groups excluding carboxylic acids is 1. The Morgan fingerprint density at radius 2 is 1.67 bits per heavy atom. The van der Waals surface area contributed by atoms with Gasteiger partial charge in [-0.1, -0.05) is 6.07 Å². The Morgan fingerprint density at radius 3 is 2.26 bits per heavy atom. The molecular formula is C26H29N5O6S2. The molecule has 3 saturated heterocycles. The Kier molecular flexibility index (Phi) is 6.40. The van der Waals surface area contributed by atoms with Crippen LogP contribution in [0.2, 0.25) is 0 Å². The molecule has 13 heteroatoms. The van der Waals surface area contributed by atoms with Gasteiger partial charge in [-0.05, 0) is 70.0 Å². The molecule has 0 saturated carbocycles. The Labute approximate surface area is 227 Å². The second kappa shape index (κ2) is 9.25. The fraction of sp³-hybridized carbons (Fsp3) is 0.385. The normalized spacial score (nSPS) is 19.8. The third-order valence-electron chi connectivity index (χ3n) is 6.94. The standard InChI is InChI=1S/C26H29N5O6S2/c1-16-5-10-22(24-23(16)17(12-27)13-28-24)29-38(33,34)20-6-8-21(9-7-20)39(35,36)30-14-18-11-19(15-30)31(18)25(32)37-26(2,3)4/h5-10,13,18-19,28-29H,11,14-15H2,1-4H3. The predicted molar refractivity (Wildman–Crippen MR) is 144 cm³/mol. The second-order valence-electron chi connectivity index (χ2n) is 10.8. The molecule has 0 spiro atoms. The van der Waals surface area contributed by atoms with Crippen LogP contribution in [0, 0.1) is 18.3 Å². The Hall–Kier alpha value is -3.60.